The van der Waals surface area contributed by atoms with Gasteiger partial charge in [-0.25, -0.2) is 0 Å². The van der Waals surface area contributed by atoms with Crippen molar-refractivity contribution in [1.29, 1.82) is 0 Å². The molecule has 2 aliphatic rings. The number of rotatable bonds is 3. The Kier molecular flexibility index (Phi) is 4.85. The van der Waals surface area contributed by atoms with E-state index in [0.717, 1.165) is 25.3 Å². The average molecular weight is 340 g/mol. The highest BCUT2D eigenvalue weighted by molar-refractivity contribution is 5.82. The van der Waals surface area contributed by atoms with Gasteiger partial charge >= 0.3 is 6.18 Å². The van der Waals surface area contributed by atoms with Crippen molar-refractivity contribution in [3.05, 3.63) is 35.4 Å². The molecule has 1 heterocycles. The monoisotopic (exact) mass is 340 g/mol. The van der Waals surface area contributed by atoms with Crippen LogP contribution in [-0.4, -0.2) is 29.9 Å². The molecule has 0 bridgehead atoms. The number of alkyl halides is 3. The number of nitrogens with zero attached hydrogens (tertiary/aromatic N) is 1. The van der Waals surface area contributed by atoms with Gasteiger partial charge in [0.15, 0.2) is 0 Å². The molecular weight excluding hydrogens is 317 g/mol. The molecule has 0 aromatic heterocycles. The number of hydrogen-bond acceptors (Lipinski definition) is 2. The summed E-state index contributed by atoms with van der Waals surface area (Å²) in [5.74, 6) is 0.421. The smallest absolute Gasteiger partial charge is 0.340 e. The Hall–Kier alpha value is -1.56. The molecule has 1 saturated heterocycles. The van der Waals surface area contributed by atoms with E-state index in [4.69, 9.17) is 0 Å². The Labute approximate surface area is 140 Å². The number of likely N-dealkylation sites (N-methyl/N-ethyl adjacent to an activating group) is 1. The van der Waals surface area contributed by atoms with E-state index in [2.05, 4.69) is 5.32 Å². The zero-order valence-electron chi connectivity index (χ0n) is 13.8. The van der Waals surface area contributed by atoms with Crippen LogP contribution >= 0.6 is 0 Å². The zero-order valence-corrected chi connectivity index (χ0v) is 13.8. The van der Waals surface area contributed by atoms with E-state index < -0.39 is 11.7 Å². The maximum Gasteiger partial charge on any atom is 0.416 e. The minimum atomic E-state index is -4.40. The minimum Gasteiger partial charge on any atom is -0.340 e. The first-order valence-electron chi connectivity index (χ1n) is 8.52. The van der Waals surface area contributed by atoms with Crippen LogP contribution in [0.5, 0.6) is 0 Å². The van der Waals surface area contributed by atoms with Gasteiger partial charge in [0.2, 0.25) is 5.91 Å². The second kappa shape index (κ2) is 6.75. The van der Waals surface area contributed by atoms with E-state index in [1.165, 1.54) is 29.9 Å². The number of hydrogen-bond donors (Lipinski definition) is 1. The molecule has 1 aliphatic carbocycles. The normalized spacial score (nSPS) is 26.9. The number of carbonyl (C=O) groups is 1. The molecule has 1 aliphatic heterocycles. The second-order valence-electron chi connectivity index (χ2n) is 6.96. The molecule has 24 heavy (non-hydrogen) atoms. The quantitative estimate of drug-likeness (QED) is 0.912. The van der Waals surface area contributed by atoms with Gasteiger partial charge in [-0.15, -0.1) is 0 Å². The summed E-state index contributed by atoms with van der Waals surface area (Å²) in [4.78, 5) is 14.1. The molecule has 1 aromatic carbocycles. The van der Waals surface area contributed by atoms with Gasteiger partial charge in [-0.05, 0) is 36.8 Å². The first-order valence-corrected chi connectivity index (χ1v) is 8.52. The van der Waals surface area contributed by atoms with Gasteiger partial charge in [0.1, 0.15) is 0 Å². The van der Waals surface area contributed by atoms with Gasteiger partial charge in [0.25, 0.3) is 0 Å². The fourth-order valence-corrected chi connectivity index (χ4v) is 4.04. The second-order valence-corrected chi connectivity index (χ2v) is 6.96. The van der Waals surface area contributed by atoms with Crippen LogP contribution in [0.1, 0.15) is 43.2 Å². The Morgan fingerprint density at radius 1 is 1.25 bits per heavy atom. The van der Waals surface area contributed by atoms with Crippen LogP contribution in [-0.2, 0) is 17.5 Å². The Bertz CT molecular complexity index is 588. The molecule has 132 valence electrons. The predicted octanol–water partition coefficient (Wildman–Crippen LogP) is 3.58. The van der Waals surface area contributed by atoms with Gasteiger partial charge in [-0.1, -0.05) is 31.0 Å². The molecule has 6 heteroatoms. The van der Waals surface area contributed by atoms with Crippen LogP contribution in [0.15, 0.2) is 24.3 Å². The van der Waals surface area contributed by atoms with E-state index in [1.54, 1.807) is 13.1 Å². The summed E-state index contributed by atoms with van der Waals surface area (Å²) >= 11 is 0. The molecular formula is C18H23F3N2O. The summed E-state index contributed by atoms with van der Waals surface area (Å²) < 4.78 is 39.3. The Morgan fingerprint density at radius 2 is 1.96 bits per heavy atom. The van der Waals surface area contributed by atoms with Crippen LogP contribution in [0.25, 0.3) is 0 Å². The van der Waals surface area contributed by atoms with Gasteiger partial charge in [-0.3, -0.25) is 4.79 Å². The lowest BCUT2D eigenvalue weighted by molar-refractivity contribution is -0.139. The average Bonchev–Trinajstić information content (AvgIpc) is 2.97. The highest BCUT2D eigenvalue weighted by atomic mass is 19.4. The van der Waals surface area contributed by atoms with Crippen molar-refractivity contribution < 1.29 is 18.0 Å². The van der Waals surface area contributed by atoms with E-state index in [0.29, 0.717) is 12.0 Å². The van der Waals surface area contributed by atoms with E-state index in [9.17, 15) is 18.0 Å². The van der Waals surface area contributed by atoms with Crippen molar-refractivity contribution in [2.45, 2.75) is 56.9 Å². The van der Waals surface area contributed by atoms with Crippen LogP contribution in [0.3, 0.4) is 0 Å². The van der Waals surface area contributed by atoms with Gasteiger partial charge in [0.05, 0.1) is 11.6 Å². The molecule has 1 aromatic rings. The molecule has 1 N–H and O–H groups in total. The van der Waals surface area contributed by atoms with E-state index in [1.807, 2.05) is 0 Å². The van der Waals surface area contributed by atoms with Crippen LogP contribution in [0.2, 0.25) is 0 Å². The van der Waals surface area contributed by atoms with E-state index >= 15 is 0 Å². The maximum atomic E-state index is 13.1. The van der Waals surface area contributed by atoms with Crippen molar-refractivity contribution in [2.24, 2.45) is 5.92 Å². The molecule has 2 fully saturated rings. The Morgan fingerprint density at radius 3 is 2.67 bits per heavy atom. The highest BCUT2D eigenvalue weighted by Crippen LogP contribution is 2.35. The van der Waals surface area contributed by atoms with Gasteiger partial charge in [0, 0.05) is 19.6 Å². The predicted molar refractivity (Wildman–Crippen MR) is 85.2 cm³/mol. The van der Waals surface area contributed by atoms with Crippen molar-refractivity contribution in [3.63, 3.8) is 0 Å². The fraction of sp³-hybridized carbons (Fsp3) is 0.611. The zero-order chi connectivity index (χ0) is 17.3. The number of amides is 1. The van der Waals surface area contributed by atoms with Crippen molar-refractivity contribution in [1.82, 2.24) is 10.2 Å². The molecule has 3 nitrogen and oxygen atoms in total. The van der Waals surface area contributed by atoms with Crippen LogP contribution < -0.4 is 5.32 Å². The van der Waals surface area contributed by atoms with Crippen molar-refractivity contribution >= 4 is 5.91 Å². The molecule has 3 atom stereocenters. The summed E-state index contributed by atoms with van der Waals surface area (Å²) in [7, 11) is 1.58. The maximum absolute atomic E-state index is 13.1. The lowest BCUT2D eigenvalue weighted by atomic mass is 9.85. The Balaban J connectivity index is 1.67. The summed E-state index contributed by atoms with van der Waals surface area (Å²) in [6.45, 7) is -0.0258. The molecule has 3 unspecified atom stereocenters. The molecule has 3 rings (SSSR count). The van der Waals surface area contributed by atoms with Gasteiger partial charge < -0.3 is 10.2 Å². The highest BCUT2D eigenvalue weighted by Gasteiger charge is 2.39. The van der Waals surface area contributed by atoms with Gasteiger partial charge in [-0.2, -0.15) is 13.2 Å². The lowest BCUT2D eigenvalue weighted by Gasteiger charge is -2.24. The van der Waals surface area contributed by atoms with Crippen molar-refractivity contribution in [2.75, 3.05) is 7.05 Å². The SMILES string of the molecule is CN(Cc1ccccc1C(F)(F)F)C(=O)C1CC2CCCCC2N1. The number of benzene rings is 1. The fourth-order valence-electron chi connectivity index (χ4n) is 4.04. The molecule has 0 radical (unpaired) electrons. The minimum absolute atomic E-state index is 0.0258. The largest absolute Gasteiger partial charge is 0.416 e. The van der Waals surface area contributed by atoms with Crippen LogP contribution in [0.4, 0.5) is 13.2 Å². The summed E-state index contributed by atoms with van der Waals surface area (Å²) in [5, 5.41) is 3.39. The number of halogens is 3. The van der Waals surface area contributed by atoms with Crippen molar-refractivity contribution in [3.8, 4) is 0 Å². The summed E-state index contributed by atoms with van der Waals surface area (Å²) in [6.07, 6.45) is 1.02. The number of carbonyl (C=O) groups excluding carboxylic acids is 1. The first kappa shape index (κ1) is 17.3. The summed E-state index contributed by atoms with van der Waals surface area (Å²) in [6, 6.07) is 5.58. The molecule has 1 saturated carbocycles. The molecule has 0 spiro atoms. The third kappa shape index (κ3) is 3.58. The lowest BCUT2D eigenvalue weighted by Crippen LogP contribution is -2.43. The third-order valence-corrected chi connectivity index (χ3v) is 5.27. The summed E-state index contributed by atoms with van der Waals surface area (Å²) in [5.41, 5.74) is -0.533. The number of nitrogens with one attached hydrogen (secondary N) is 1. The standard InChI is InChI=1S/C18H23F3N2O/c1-23(11-13-7-2-4-8-14(13)18(19,20)21)17(24)16-10-12-6-3-5-9-15(12)22-16/h2,4,7-8,12,15-16,22H,3,5-6,9-11H2,1H3. The topological polar surface area (TPSA) is 32.3 Å². The number of fused-ring (bicyclic) bond motifs is 1. The molecule has 1 amide bonds. The van der Waals surface area contributed by atoms with Crippen LogP contribution in [0, 0.1) is 5.92 Å². The third-order valence-electron chi connectivity index (χ3n) is 5.27. The van der Waals surface area contributed by atoms with E-state index in [-0.39, 0.29) is 24.1 Å². The first-order chi connectivity index (χ1) is 11.4.